The zero-order valence-electron chi connectivity index (χ0n) is 10.6. The highest BCUT2D eigenvalue weighted by Crippen LogP contribution is 2.39. The van der Waals surface area contributed by atoms with E-state index < -0.39 is 0 Å². The van der Waals surface area contributed by atoms with Crippen LogP contribution in [0.4, 0.5) is 0 Å². The first-order valence-electron chi connectivity index (χ1n) is 5.94. The molecule has 1 amide bonds. The first-order chi connectivity index (χ1) is 8.46. The Morgan fingerprint density at radius 3 is 2.68 bits per heavy atom. The van der Waals surface area contributed by atoms with Crippen LogP contribution in [-0.2, 0) is 0 Å². The Balaban J connectivity index is 0.00000180. The number of hydrogen-bond acceptors (Lipinski definition) is 2. The number of rotatable bonds is 4. The highest BCUT2D eigenvalue weighted by molar-refractivity contribution is 9.10. The third-order valence-corrected chi connectivity index (χ3v) is 4.28. The van der Waals surface area contributed by atoms with Gasteiger partial charge in [0.15, 0.2) is 0 Å². The van der Waals surface area contributed by atoms with E-state index in [2.05, 4.69) is 21.2 Å². The van der Waals surface area contributed by atoms with Crippen LogP contribution in [0.2, 0.25) is 5.02 Å². The predicted molar refractivity (Wildman–Crippen MR) is 84.0 cm³/mol. The van der Waals surface area contributed by atoms with Gasteiger partial charge in [0.25, 0.3) is 5.91 Å². The van der Waals surface area contributed by atoms with Crippen molar-refractivity contribution in [2.45, 2.75) is 25.3 Å². The zero-order chi connectivity index (χ0) is 13.3. The number of halogens is 3. The molecule has 3 nitrogen and oxygen atoms in total. The lowest BCUT2D eigenvalue weighted by atomic mass is 9.95. The quantitative estimate of drug-likeness (QED) is 0.856. The van der Waals surface area contributed by atoms with Crippen molar-refractivity contribution in [3.8, 4) is 0 Å². The molecule has 1 aromatic rings. The number of nitrogens with two attached hydrogens (primary N) is 1. The molecule has 1 aliphatic carbocycles. The molecule has 1 fully saturated rings. The van der Waals surface area contributed by atoms with Crippen LogP contribution in [-0.4, -0.2) is 18.0 Å². The lowest BCUT2D eigenvalue weighted by Crippen LogP contribution is -2.53. The smallest absolute Gasteiger partial charge is 0.253 e. The van der Waals surface area contributed by atoms with E-state index in [9.17, 15) is 4.79 Å². The monoisotopic (exact) mass is 366 g/mol. The van der Waals surface area contributed by atoms with E-state index in [4.69, 9.17) is 17.3 Å². The van der Waals surface area contributed by atoms with Gasteiger partial charge >= 0.3 is 0 Å². The molecular formula is C13H17BrCl2N2O. The lowest BCUT2D eigenvalue weighted by molar-refractivity contribution is 0.0898. The highest BCUT2D eigenvalue weighted by atomic mass is 79.9. The highest BCUT2D eigenvalue weighted by Gasteiger charge is 2.41. The standard InChI is InChI=1S/C13H16BrClN2O.ClH/c1-13(7-16,8-2-3-8)17-12(18)10-5-4-9(14)6-11(10)15;/h4-6,8H,2-3,7,16H2,1H3,(H,17,18);1H. The van der Waals surface area contributed by atoms with Gasteiger partial charge in [-0.2, -0.15) is 0 Å². The fourth-order valence-corrected chi connectivity index (χ4v) is 2.80. The van der Waals surface area contributed by atoms with Crippen molar-refractivity contribution in [3.63, 3.8) is 0 Å². The molecule has 0 heterocycles. The average Bonchev–Trinajstić information content (AvgIpc) is 3.12. The van der Waals surface area contributed by atoms with Gasteiger partial charge in [-0.05, 0) is 43.9 Å². The van der Waals surface area contributed by atoms with Gasteiger partial charge in [0.2, 0.25) is 0 Å². The summed E-state index contributed by atoms with van der Waals surface area (Å²) >= 11 is 9.39. The molecule has 3 N–H and O–H groups in total. The van der Waals surface area contributed by atoms with Crippen LogP contribution >= 0.6 is 39.9 Å². The molecule has 1 aliphatic rings. The Labute approximate surface area is 132 Å². The molecule has 0 saturated heterocycles. The number of benzene rings is 1. The molecule has 0 bridgehead atoms. The van der Waals surface area contributed by atoms with Crippen LogP contribution in [0.5, 0.6) is 0 Å². The summed E-state index contributed by atoms with van der Waals surface area (Å²) in [7, 11) is 0. The third-order valence-electron chi connectivity index (χ3n) is 3.48. The van der Waals surface area contributed by atoms with Crippen LogP contribution < -0.4 is 11.1 Å². The van der Waals surface area contributed by atoms with Gasteiger partial charge in [-0.3, -0.25) is 4.79 Å². The number of carbonyl (C=O) groups is 1. The van der Waals surface area contributed by atoms with Crippen molar-refractivity contribution in [2.75, 3.05) is 6.54 Å². The van der Waals surface area contributed by atoms with Crippen LogP contribution in [0.25, 0.3) is 0 Å². The van der Waals surface area contributed by atoms with E-state index >= 15 is 0 Å². The summed E-state index contributed by atoms with van der Waals surface area (Å²) in [5, 5.41) is 3.46. The Hall–Kier alpha value is -0.290. The van der Waals surface area contributed by atoms with Crippen molar-refractivity contribution in [1.29, 1.82) is 0 Å². The molecule has 2 rings (SSSR count). The Morgan fingerprint density at radius 1 is 1.58 bits per heavy atom. The maximum Gasteiger partial charge on any atom is 0.253 e. The maximum atomic E-state index is 12.2. The Kier molecular flexibility index (Phi) is 5.68. The second-order valence-electron chi connectivity index (χ2n) is 4.97. The summed E-state index contributed by atoms with van der Waals surface area (Å²) in [5.41, 5.74) is 5.94. The molecule has 1 saturated carbocycles. The molecule has 1 unspecified atom stereocenters. The summed E-state index contributed by atoms with van der Waals surface area (Å²) in [6.45, 7) is 2.44. The SMILES string of the molecule is CC(CN)(NC(=O)c1ccc(Br)cc1Cl)C1CC1.Cl. The Morgan fingerprint density at radius 2 is 2.21 bits per heavy atom. The van der Waals surface area contributed by atoms with Crippen LogP contribution in [0, 0.1) is 5.92 Å². The van der Waals surface area contributed by atoms with Gasteiger partial charge in [0.1, 0.15) is 0 Å². The number of amides is 1. The summed E-state index contributed by atoms with van der Waals surface area (Å²) in [6, 6.07) is 5.23. The fraction of sp³-hybridized carbons (Fsp3) is 0.462. The minimum atomic E-state index is -0.326. The minimum absolute atomic E-state index is 0. The van der Waals surface area contributed by atoms with E-state index in [-0.39, 0.29) is 23.9 Å². The summed E-state index contributed by atoms with van der Waals surface area (Å²) < 4.78 is 0.854. The predicted octanol–water partition coefficient (Wildman–Crippen LogP) is 3.38. The Bertz CT molecular complexity index is 480. The summed E-state index contributed by atoms with van der Waals surface area (Å²) in [5.74, 6) is 0.327. The van der Waals surface area contributed by atoms with E-state index in [0.29, 0.717) is 23.0 Å². The average molecular weight is 368 g/mol. The van der Waals surface area contributed by atoms with Gasteiger partial charge in [0, 0.05) is 11.0 Å². The van der Waals surface area contributed by atoms with Gasteiger partial charge in [0.05, 0.1) is 16.1 Å². The maximum absolute atomic E-state index is 12.2. The summed E-state index contributed by atoms with van der Waals surface area (Å²) in [6.07, 6.45) is 2.25. The minimum Gasteiger partial charge on any atom is -0.345 e. The van der Waals surface area contributed by atoms with Crippen molar-refractivity contribution in [1.82, 2.24) is 5.32 Å². The molecular weight excluding hydrogens is 351 g/mol. The van der Waals surface area contributed by atoms with Crippen molar-refractivity contribution in [3.05, 3.63) is 33.3 Å². The molecule has 106 valence electrons. The number of hydrogen-bond donors (Lipinski definition) is 2. The van der Waals surface area contributed by atoms with Crippen LogP contribution in [0.1, 0.15) is 30.1 Å². The van der Waals surface area contributed by atoms with E-state index in [1.807, 2.05) is 6.92 Å². The van der Waals surface area contributed by atoms with Crippen LogP contribution in [0.15, 0.2) is 22.7 Å². The molecule has 6 heteroatoms. The van der Waals surface area contributed by atoms with Gasteiger partial charge in [-0.1, -0.05) is 27.5 Å². The zero-order valence-corrected chi connectivity index (χ0v) is 13.7. The second-order valence-corrected chi connectivity index (χ2v) is 6.30. The lowest BCUT2D eigenvalue weighted by Gasteiger charge is -2.29. The van der Waals surface area contributed by atoms with Crippen molar-refractivity contribution in [2.24, 2.45) is 11.7 Å². The normalized spacial score (nSPS) is 17.3. The number of carbonyl (C=O) groups excluding carboxylic acids is 1. The van der Waals surface area contributed by atoms with Crippen molar-refractivity contribution < 1.29 is 4.79 Å². The first kappa shape index (κ1) is 16.8. The second kappa shape index (κ2) is 6.44. The van der Waals surface area contributed by atoms with Crippen LogP contribution in [0.3, 0.4) is 0 Å². The number of nitrogens with one attached hydrogen (secondary N) is 1. The molecule has 0 radical (unpaired) electrons. The van der Waals surface area contributed by atoms with E-state index in [1.165, 1.54) is 0 Å². The molecule has 0 aromatic heterocycles. The first-order valence-corrected chi connectivity index (χ1v) is 7.11. The molecule has 0 spiro atoms. The van der Waals surface area contributed by atoms with Gasteiger partial charge < -0.3 is 11.1 Å². The van der Waals surface area contributed by atoms with Gasteiger partial charge in [-0.25, -0.2) is 0 Å². The molecule has 19 heavy (non-hydrogen) atoms. The van der Waals surface area contributed by atoms with E-state index in [1.54, 1.807) is 18.2 Å². The fourth-order valence-electron chi connectivity index (χ4n) is 2.04. The molecule has 1 atom stereocenters. The molecule has 1 aromatic carbocycles. The van der Waals surface area contributed by atoms with Crippen molar-refractivity contribution >= 4 is 45.8 Å². The third kappa shape index (κ3) is 3.85. The topological polar surface area (TPSA) is 55.1 Å². The molecule has 0 aliphatic heterocycles. The van der Waals surface area contributed by atoms with Gasteiger partial charge in [-0.15, -0.1) is 12.4 Å². The van der Waals surface area contributed by atoms with E-state index in [0.717, 1.165) is 17.3 Å². The summed E-state index contributed by atoms with van der Waals surface area (Å²) in [4.78, 5) is 12.2. The largest absolute Gasteiger partial charge is 0.345 e.